The molecule has 0 saturated heterocycles. The fourth-order valence-electron chi connectivity index (χ4n) is 2.40. The van der Waals surface area contributed by atoms with E-state index in [9.17, 15) is 4.39 Å². The van der Waals surface area contributed by atoms with Crippen LogP contribution in [0, 0.1) is 5.82 Å². The van der Waals surface area contributed by atoms with Gasteiger partial charge in [-0.05, 0) is 32.0 Å². The summed E-state index contributed by atoms with van der Waals surface area (Å²) in [6.45, 7) is 4.55. The molecule has 0 amide bonds. The average molecular weight is 208 g/mol. The maximum Gasteiger partial charge on any atom is 0.128 e. The van der Waals surface area contributed by atoms with Gasteiger partial charge in [0.1, 0.15) is 5.82 Å². The zero-order valence-corrected chi connectivity index (χ0v) is 9.04. The quantitative estimate of drug-likeness (QED) is 0.824. The van der Waals surface area contributed by atoms with Crippen LogP contribution in [0.25, 0.3) is 0 Å². The van der Waals surface area contributed by atoms with Crippen LogP contribution in [0.15, 0.2) is 18.2 Å². The zero-order chi connectivity index (χ0) is 10.8. The van der Waals surface area contributed by atoms with Crippen LogP contribution in [0.4, 0.5) is 10.1 Å². The van der Waals surface area contributed by atoms with E-state index in [1.165, 1.54) is 0 Å². The van der Waals surface area contributed by atoms with Crippen molar-refractivity contribution < 1.29 is 4.39 Å². The maximum absolute atomic E-state index is 13.7. The molecule has 1 heterocycles. The highest BCUT2D eigenvalue weighted by atomic mass is 19.1. The molecule has 0 bridgehead atoms. The molecule has 1 aliphatic rings. The molecule has 0 radical (unpaired) electrons. The van der Waals surface area contributed by atoms with Crippen molar-refractivity contribution in [2.45, 2.75) is 19.3 Å². The Kier molecular flexibility index (Phi) is 2.91. The lowest BCUT2D eigenvalue weighted by Crippen LogP contribution is -2.21. The predicted molar refractivity (Wildman–Crippen MR) is 60.7 cm³/mol. The molecule has 0 aromatic heterocycles. The Hall–Kier alpha value is -1.09. The number of anilines is 1. The first-order valence-electron chi connectivity index (χ1n) is 5.51. The van der Waals surface area contributed by atoms with Crippen LogP contribution < -0.4 is 10.6 Å². The van der Waals surface area contributed by atoms with Gasteiger partial charge in [-0.3, -0.25) is 0 Å². The van der Waals surface area contributed by atoms with Crippen LogP contribution in [-0.4, -0.2) is 19.6 Å². The third-order valence-corrected chi connectivity index (χ3v) is 3.12. The van der Waals surface area contributed by atoms with Gasteiger partial charge in [0.25, 0.3) is 0 Å². The summed E-state index contributed by atoms with van der Waals surface area (Å²) in [5.74, 6) is 0.188. The highest BCUT2D eigenvalue weighted by Crippen LogP contribution is 2.39. The van der Waals surface area contributed by atoms with Crippen molar-refractivity contribution in [3.05, 3.63) is 29.6 Å². The molecule has 2 rings (SSSR count). The Morgan fingerprint density at radius 2 is 2.33 bits per heavy atom. The monoisotopic (exact) mass is 208 g/mol. The van der Waals surface area contributed by atoms with Crippen LogP contribution in [0.5, 0.6) is 0 Å². The normalized spacial score (nSPS) is 19.4. The molecule has 15 heavy (non-hydrogen) atoms. The summed E-state index contributed by atoms with van der Waals surface area (Å²) in [6, 6.07) is 5.32. The molecule has 0 saturated carbocycles. The van der Waals surface area contributed by atoms with Crippen molar-refractivity contribution in [2.75, 3.05) is 24.5 Å². The molecule has 1 aliphatic heterocycles. The summed E-state index contributed by atoms with van der Waals surface area (Å²) in [5, 5.41) is 0. The minimum atomic E-state index is -0.0816. The summed E-state index contributed by atoms with van der Waals surface area (Å²) >= 11 is 0. The minimum Gasteiger partial charge on any atom is -0.371 e. The van der Waals surface area contributed by atoms with Crippen molar-refractivity contribution in [3.63, 3.8) is 0 Å². The van der Waals surface area contributed by atoms with E-state index in [-0.39, 0.29) is 11.7 Å². The zero-order valence-electron chi connectivity index (χ0n) is 9.04. The van der Waals surface area contributed by atoms with Gasteiger partial charge in [-0.15, -0.1) is 0 Å². The van der Waals surface area contributed by atoms with E-state index >= 15 is 0 Å². The van der Waals surface area contributed by atoms with Crippen molar-refractivity contribution in [2.24, 2.45) is 5.73 Å². The summed E-state index contributed by atoms with van der Waals surface area (Å²) in [5.41, 5.74) is 7.48. The van der Waals surface area contributed by atoms with Gasteiger partial charge in [0.05, 0.1) is 0 Å². The lowest BCUT2D eigenvalue weighted by Gasteiger charge is -2.16. The third kappa shape index (κ3) is 1.72. The molecule has 1 aromatic carbocycles. The third-order valence-electron chi connectivity index (χ3n) is 3.12. The van der Waals surface area contributed by atoms with Gasteiger partial charge in [0.15, 0.2) is 0 Å². The molecule has 82 valence electrons. The first kappa shape index (κ1) is 10.4. The van der Waals surface area contributed by atoms with E-state index in [0.717, 1.165) is 30.8 Å². The van der Waals surface area contributed by atoms with Gasteiger partial charge in [-0.1, -0.05) is 6.07 Å². The molecule has 0 fully saturated rings. The Morgan fingerprint density at radius 1 is 1.53 bits per heavy atom. The number of fused-ring (bicyclic) bond motifs is 1. The Balaban J connectivity index is 2.39. The molecule has 1 atom stereocenters. The van der Waals surface area contributed by atoms with Gasteiger partial charge in [-0.2, -0.15) is 0 Å². The average Bonchev–Trinajstić information content (AvgIpc) is 2.59. The lowest BCUT2D eigenvalue weighted by atomic mass is 9.97. The summed E-state index contributed by atoms with van der Waals surface area (Å²) in [7, 11) is 0. The molecule has 1 unspecified atom stereocenters. The van der Waals surface area contributed by atoms with Gasteiger partial charge in [0, 0.05) is 30.3 Å². The molecule has 2 N–H and O–H groups in total. The van der Waals surface area contributed by atoms with E-state index in [0.29, 0.717) is 6.54 Å². The van der Waals surface area contributed by atoms with Crippen molar-refractivity contribution in [1.29, 1.82) is 0 Å². The van der Waals surface area contributed by atoms with E-state index in [1.807, 2.05) is 6.07 Å². The van der Waals surface area contributed by atoms with Crippen LogP contribution in [0.2, 0.25) is 0 Å². The second-order valence-corrected chi connectivity index (χ2v) is 3.99. The predicted octanol–water partition coefficient (Wildman–Crippen LogP) is 2.10. The molecule has 2 nitrogen and oxygen atoms in total. The van der Waals surface area contributed by atoms with Crippen molar-refractivity contribution in [3.8, 4) is 0 Å². The molecule has 0 aliphatic carbocycles. The SMILES string of the molecule is CCN1CC(CCN)c2c(F)cccc21. The summed E-state index contributed by atoms with van der Waals surface area (Å²) in [4.78, 5) is 2.22. The molecule has 0 spiro atoms. The summed E-state index contributed by atoms with van der Waals surface area (Å²) in [6.07, 6.45) is 0.866. The molecule has 3 heteroatoms. The molecular formula is C12H17FN2. The number of rotatable bonds is 3. The Labute approximate surface area is 89.9 Å². The van der Waals surface area contributed by atoms with Gasteiger partial charge in [0.2, 0.25) is 0 Å². The number of benzene rings is 1. The van der Waals surface area contributed by atoms with E-state index < -0.39 is 0 Å². The van der Waals surface area contributed by atoms with Crippen molar-refractivity contribution in [1.82, 2.24) is 0 Å². The highest BCUT2D eigenvalue weighted by molar-refractivity contribution is 5.60. The first-order valence-corrected chi connectivity index (χ1v) is 5.51. The number of nitrogens with two attached hydrogens (primary N) is 1. The van der Waals surface area contributed by atoms with Gasteiger partial charge < -0.3 is 10.6 Å². The lowest BCUT2D eigenvalue weighted by molar-refractivity contribution is 0.576. The van der Waals surface area contributed by atoms with Gasteiger partial charge >= 0.3 is 0 Å². The largest absolute Gasteiger partial charge is 0.371 e. The van der Waals surface area contributed by atoms with E-state index in [4.69, 9.17) is 5.73 Å². The second kappa shape index (κ2) is 4.19. The number of hydrogen-bond donors (Lipinski definition) is 1. The minimum absolute atomic E-state index is 0.0816. The van der Waals surface area contributed by atoms with E-state index in [2.05, 4.69) is 11.8 Å². The van der Waals surface area contributed by atoms with Crippen LogP contribution in [0.3, 0.4) is 0 Å². The smallest absolute Gasteiger partial charge is 0.128 e. The van der Waals surface area contributed by atoms with Crippen LogP contribution in [0.1, 0.15) is 24.8 Å². The first-order chi connectivity index (χ1) is 7.27. The fourth-order valence-corrected chi connectivity index (χ4v) is 2.40. The second-order valence-electron chi connectivity index (χ2n) is 3.99. The Bertz CT molecular complexity index is 351. The fraction of sp³-hybridized carbons (Fsp3) is 0.500. The standard InChI is InChI=1S/C12H17FN2/c1-2-15-8-9(6-7-14)12-10(13)4-3-5-11(12)15/h3-5,9H,2,6-8,14H2,1H3. The molecule has 1 aromatic rings. The maximum atomic E-state index is 13.7. The van der Waals surface area contributed by atoms with Crippen molar-refractivity contribution >= 4 is 5.69 Å². The highest BCUT2D eigenvalue weighted by Gasteiger charge is 2.29. The summed E-state index contributed by atoms with van der Waals surface area (Å²) < 4.78 is 13.7. The molecular weight excluding hydrogens is 191 g/mol. The van der Waals surface area contributed by atoms with Gasteiger partial charge in [-0.25, -0.2) is 4.39 Å². The number of hydrogen-bond acceptors (Lipinski definition) is 2. The number of nitrogens with zero attached hydrogens (tertiary/aromatic N) is 1. The van der Waals surface area contributed by atoms with Crippen LogP contribution in [-0.2, 0) is 0 Å². The topological polar surface area (TPSA) is 29.3 Å². The van der Waals surface area contributed by atoms with E-state index in [1.54, 1.807) is 12.1 Å². The number of halogens is 1. The number of likely N-dealkylation sites (N-methyl/N-ethyl adjacent to an activating group) is 1. The Morgan fingerprint density at radius 3 is 3.00 bits per heavy atom. The van der Waals surface area contributed by atoms with Crippen LogP contribution >= 0.6 is 0 Å².